The number of aromatic nitrogens is 1. The Balaban J connectivity index is 1.55. The van der Waals surface area contributed by atoms with E-state index in [0.29, 0.717) is 12.1 Å². The number of nitrogens with one attached hydrogen (secondary N) is 2. The number of pyridine rings is 1. The number of hydrogen-bond acceptors (Lipinski definition) is 3. The first-order chi connectivity index (χ1) is 13.1. The van der Waals surface area contributed by atoms with Crippen molar-refractivity contribution in [2.45, 2.75) is 26.7 Å². The number of aryl methyl sites for hydroxylation is 3. The SMILES string of the molecule is Cc1ccc(Nc2cncc(C(=O)NCCCc3ccccc3)c2)c(C)c1. The van der Waals surface area contributed by atoms with E-state index in [-0.39, 0.29) is 5.91 Å². The Hall–Kier alpha value is -3.14. The van der Waals surface area contributed by atoms with Crippen LogP contribution in [0.25, 0.3) is 0 Å². The minimum atomic E-state index is -0.0974. The summed E-state index contributed by atoms with van der Waals surface area (Å²) in [6.45, 7) is 4.77. The molecule has 1 amide bonds. The molecular formula is C23H25N3O. The van der Waals surface area contributed by atoms with Crippen molar-refractivity contribution < 1.29 is 4.79 Å². The summed E-state index contributed by atoms with van der Waals surface area (Å²) in [5, 5.41) is 6.31. The first kappa shape index (κ1) is 18.6. The Morgan fingerprint density at radius 1 is 1.00 bits per heavy atom. The topological polar surface area (TPSA) is 54.0 Å². The molecule has 4 heteroatoms. The van der Waals surface area contributed by atoms with Gasteiger partial charge < -0.3 is 10.6 Å². The minimum absolute atomic E-state index is 0.0974. The molecule has 0 bridgehead atoms. The smallest absolute Gasteiger partial charge is 0.252 e. The van der Waals surface area contributed by atoms with Crippen LogP contribution >= 0.6 is 0 Å². The average Bonchev–Trinajstić information content (AvgIpc) is 2.68. The molecular weight excluding hydrogens is 334 g/mol. The highest BCUT2D eigenvalue weighted by molar-refractivity contribution is 5.94. The third kappa shape index (κ3) is 5.42. The number of benzene rings is 2. The van der Waals surface area contributed by atoms with Gasteiger partial charge in [-0.3, -0.25) is 9.78 Å². The highest BCUT2D eigenvalue weighted by Gasteiger charge is 2.07. The summed E-state index contributed by atoms with van der Waals surface area (Å²) in [5.74, 6) is -0.0974. The number of carbonyl (C=O) groups is 1. The monoisotopic (exact) mass is 359 g/mol. The van der Waals surface area contributed by atoms with Gasteiger partial charge in [0, 0.05) is 18.4 Å². The van der Waals surface area contributed by atoms with Gasteiger partial charge in [-0.2, -0.15) is 0 Å². The maximum atomic E-state index is 12.4. The Labute approximate surface area is 160 Å². The Morgan fingerprint density at radius 3 is 2.59 bits per heavy atom. The fourth-order valence-corrected chi connectivity index (χ4v) is 2.98. The van der Waals surface area contributed by atoms with Gasteiger partial charge in [-0.05, 0) is 49.9 Å². The molecule has 138 valence electrons. The van der Waals surface area contributed by atoms with E-state index >= 15 is 0 Å². The van der Waals surface area contributed by atoms with Crippen LogP contribution in [0.4, 0.5) is 11.4 Å². The summed E-state index contributed by atoms with van der Waals surface area (Å²) >= 11 is 0. The van der Waals surface area contributed by atoms with Gasteiger partial charge in [0.1, 0.15) is 0 Å². The van der Waals surface area contributed by atoms with Crippen LogP contribution in [0.5, 0.6) is 0 Å². The van der Waals surface area contributed by atoms with E-state index in [1.54, 1.807) is 12.4 Å². The number of hydrogen-bond donors (Lipinski definition) is 2. The summed E-state index contributed by atoms with van der Waals surface area (Å²) < 4.78 is 0. The van der Waals surface area contributed by atoms with Crippen molar-refractivity contribution in [1.29, 1.82) is 0 Å². The molecule has 27 heavy (non-hydrogen) atoms. The van der Waals surface area contributed by atoms with Crippen molar-refractivity contribution in [1.82, 2.24) is 10.3 Å². The number of nitrogens with zero attached hydrogens (tertiary/aromatic N) is 1. The molecule has 0 radical (unpaired) electrons. The first-order valence-corrected chi connectivity index (χ1v) is 9.23. The summed E-state index contributed by atoms with van der Waals surface area (Å²) in [4.78, 5) is 16.6. The van der Waals surface area contributed by atoms with Crippen molar-refractivity contribution >= 4 is 17.3 Å². The fraction of sp³-hybridized carbons (Fsp3) is 0.217. The van der Waals surface area contributed by atoms with Crippen LogP contribution < -0.4 is 10.6 Å². The zero-order valence-electron chi connectivity index (χ0n) is 15.8. The number of rotatable bonds is 7. The van der Waals surface area contributed by atoms with Crippen LogP contribution in [0.2, 0.25) is 0 Å². The maximum absolute atomic E-state index is 12.4. The lowest BCUT2D eigenvalue weighted by Gasteiger charge is -2.11. The second-order valence-electron chi connectivity index (χ2n) is 6.75. The highest BCUT2D eigenvalue weighted by Crippen LogP contribution is 2.21. The van der Waals surface area contributed by atoms with Gasteiger partial charge in [0.2, 0.25) is 0 Å². The van der Waals surface area contributed by atoms with Crippen LogP contribution in [0.15, 0.2) is 67.0 Å². The predicted molar refractivity (Wildman–Crippen MR) is 111 cm³/mol. The third-order valence-electron chi connectivity index (χ3n) is 4.43. The lowest BCUT2D eigenvalue weighted by Crippen LogP contribution is -2.25. The largest absolute Gasteiger partial charge is 0.354 e. The number of carbonyl (C=O) groups excluding carboxylic acids is 1. The second kappa shape index (κ2) is 8.99. The van der Waals surface area contributed by atoms with Crippen LogP contribution in [-0.2, 0) is 6.42 Å². The van der Waals surface area contributed by atoms with E-state index in [0.717, 1.165) is 29.8 Å². The molecule has 0 aliphatic rings. The molecule has 0 fully saturated rings. The summed E-state index contributed by atoms with van der Waals surface area (Å²) in [5.41, 5.74) is 6.05. The zero-order valence-corrected chi connectivity index (χ0v) is 15.8. The minimum Gasteiger partial charge on any atom is -0.354 e. The second-order valence-corrected chi connectivity index (χ2v) is 6.75. The zero-order chi connectivity index (χ0) is 19.1. The maximum Gasteiger partial charge on any atom is 0.252 e. The van der Waals surface area contributed by atoms with E-state index in [1.807, 2.05) is 30.3 Å². The first-order valence-electron chi connectivity index (χ1n) is 9.23. The van der Waals surface area contributed by atoms with Gasteiger partial charge in [-0.1, -0.05) is 48.0 Å². The molecule has 0 atom stereocenters. The number of amides is 1. The van der Waals surface area contributed by atoms with Gasteiger partial charge in [0.05, 0.1) is 17.4 Å². The molecule has 3 aromatic rings. The molecule has 4 nitrogen and oxygen atoms in total. The summed E-state index contributed by atoms with van der Waals surface area (Å²) in [6.07, 6.45) is 5.18. The third-order valence-corrected chi connectivity index (χ3v) is 4.43. The van der Waals surface area contributed by atoms with Crippen molar-refractivity contribution in [3.05, 3.63) is 89.2 Å². The molecule has 0 saturated carbocycles. The predicted octanol–water partition coefficient (Wildman–Crippen LogP) is 4.80. The van der Waals surface area contributed by atoms with E-state index in [1.165, 1.54) is 11.1 Å². The Bertz CT molecular complexity index is 907. The van der Waals surface area contributed by atoms with E-state index in [9.17, 15) is 4.79 Å². The molecule has 1 heterocycles. The normalized spacial score (nSPS) is 10.4. The van der Waals surface area contributed by atoms with Gasteiger partial charge in [0.15, 0.2) is 0 Å². The quantitative estimate of drug-likeness (QED) is 0.596. The molecule has 0 unspecified atom stereocenters. The van der Waals surface area contributed by atoms with Crippen LogP contribution in [0.3, 0.4) is 0 Å². The van der Waals surface area contributed by atoms with Crippen LogP contribution in [0, 0.1) is 13.8 Å². The summed E-state index contributed by atoms with van der Waals surface area (Å²) in [6, 6.07) is 18.4. The van der Waals surface area contributed by atoms with Crippen molar-refractivity contribution in [2.75, 3.05) is 11.9 Å². The fourth-order valence-electron chi connectivity index (χ4n) is 2.98. The molecule has 0 spiro atoms. The van der Waals surface area contributed by atoms with Gasteiger partial charge in [0.25, 0.3) is 5.91 Å². The van der Waals surface area contributed by atoms with Crippen molar-refractivity contribution in [3.63, 3.8) is 0 Å². The van der Waals surface area contributed by atoms with Gasteiger partial charge in [-0.25, -0.2) is 0 Å². The number of anilines is 2. The molecule has 2 N–H and O–H groups in total. The van der Waals surface area contributed by atoms with Crippen LogP contribution in [-0.4, -0.2) is 17.4 Å². The van der Waals surface area contributed by atoms with Crippen molar-refractivity contribution in [3.8, 4) is 0 Å². The summed E-state index contributed by atoms with van der Waals surface area (Å²) in [7, 11) is 0. The molecule has 2 aromatic carbocycles. The van der Waals surface area contributed by atoms with Crippen LogP contribution in [0.1, 0.15) is 33.5 Å². The average molecular weight is 359 g/mol. The highest BCUT2D eigenvalue weighted by atomic mass is 16.1. The Morgan fingerprint density at radius 2 is 1.81 bits per heavy atom. The van der Waals surface area contributed by atoms with E-state index < -0.39 is 0 Å². The van der Waals surface area contributed by atoms with Crippen molar-refractivity contribution in [2.24, 2.45) is 0 Å². The molecule has 0 aliphatic heterocycles. The van der Waals surface area contributed by atoms with E-state index in [4.69, 9.17) is 0 Å². The van der Waals surface area contributed by atoms with Gasteiger partial charge in [-0.15, -0.1) is 0 Å². The molecule has 0 saturated heterocycles. The Kier molecular flexibility index (Phi) is 6.21. The molecule has 1 aromatic heterocycles. The standard InChI is InChI=1S/C23H25N3O/c1-17-10-11-22(18(2)13-17)26-21-14-20(15-24-16-21)23(27)25-12-6-9-19-7-4-3-5-8-19/h3-5,7-8,10-11,13-16,26H,6,9,12H2,1-2H3,(H,25,27). The van der Waals surface area contributed by atoms with Gasteiger partial charge >= 0.3 is 0 Å². The van der Waals surface area contributed by atoms with E-state index in [2.05, 4.69) is 53.7 Å². The lowest BCUT2D eigenvalue weighted by molar-refractivity contribution is 0.0953. The molecule has 3 rings (SSSR count). The lowest BCUT2D eigenvalue weighted by atomic mass is 10.1. The molecule has 0 aliphatic carbocycles.